The van der Waals surface area contributed by atoms with E-state index in [1.54, 1.807) is 30.6 Å². The largest absolute Gasteiger partial charge is 0.487 e. The van der Waals surface area contributed by atoms with Crippen molar-refractivity contribution in [1.82, 2.24) is 9.29 Å². The number of esters is 1. The number of cyclic esters (lactones) is 1. The Morgan fingerprint density at radius 1 is 1.28 bits per heavy atom. The van der Waals surface area contributed by atoms with Crippen LogP contribution in [-0.4, -0.2) is 42.9 Å². The molecule has 1 aromatic carbocycles. The maximum atomic E-state index is 12.8. The lowest BCUT2D eigenvalue weighted by molar-refractivity contribution is 0.0535. The van der Waals surface area contributed by atoms with E-state index in [4.69, 9.17) is 9.47 Å². The fraction of sp³-hybridized carbons (Fsp3) is 0.294. The highest BCUT2D eigenvalue weighted by Crippen LogP contribution is 2.27. The Hall–Kier alpha value is -2.45. The molecule has 0 amide bonds. The summed E-state index contributed by atoms with van der Waals surface area (Å²) in [6, 6.07) is 8.10. The van der Waals surface area contributed by atoms with E-state index in [0.29, 0.717) is 29.8 Å². The van der Waals surface area contributed by atoms with Crippen molar-refractivity contribution in [3.63, 3.8) is 0 Å². The van der Waals surface area contributed by atoms with E-state index in [-0.39, 0.29) is 24.2 Å². The normalized spacial score (nSPS) is 20.3. The first-order valence-electron chi connectivity index (χ1n) is 7.91. The molecular weight excluding hydrogens is 344 g/mol. The average molecular weight is 360 g/mol. The molecule has 25 heavy (non-hydrogen) atoms. The fourth-order valence-corrected chi connectivity index (χ4v) is 4.54. The summed E-state index contributed by atoms with van der Waals surface area (Å²) in [5.41, 5.74) is 1.03. The molecule has 130 valence electrons. The number of benzene rings is 1. The van der Waals surface area contributed by atoms with Crippen molar-refractivity contribution in [1.29, 1.82) is 0 Å². The van der Waals surface area contributed by atoms with Crippen LogP contribution in [0.15, 0.2) is 47.6 Å². The quantitative estimate of drug-likeness (QED) is 0.770. The molecule has 0 saturated carbocycles. The van der Waals surface area contributed by atoms with E-state index >= 15 is 0 Å². The van der Waals surface area contributed by atoms with Gasteiger partial charge >= 0.3 is 5.97 Å². The van der Waals surface area contributed by atoms with Gasteiger partial charge in [0.05, 0.1) is 23.2 Å². The molecule has 2 aromatic rings. The van der Waals surface area contributed by atoms with Crippen LogP contribution in [0.25, 0.3) is 0 Å². The van der Waals surface area contributed by atoms with Crippen LogP contribution >= 0.6 is 0 Å². The van der Waals surface area contributed by atoms with Gasteiger partial charge in [-0.05, 0) is 30.7 Å². The van der Waals surface area contributed by atoms with E-state index in [1.165, 1.54) is 16.4 Å². The van der Waals surface area contributed by atoms with Gasteiger partial charge in [-0.15, -0.1) is 0 Å². The monoisotopic (exact) mass is 360 g/mol. The number of nitrogens with zero attached hydrogens (tertiary/aromatic N) is 2. The highest BCUT2D eigenvalue weighted by atomic mass is 32.2. The zero-order valence-corrected chi connectivity index (χ0v) is 14.1. The lowest BCUT2D eigenvalue weighted by atomic mass is 10.1. The van der Waals surface area contributed by atoms with Gasteiger partial charge in [-0.3, -0.25) is 4.98 Å². The van der Waals surface area contributed by atoms with Crippen LogP contribution in [0.1, 0.15) is 22.3 Å². The third kappa shape index (κ3) is 2.98. The number of carbonyl (C=O) groups excluding carboxylic acids is 1. The molecule has 0 bridgehead atoms. The molecule has 7 nitrogen and oxygen atoms in total. The smallest absolute Gasteiger partial charge is 0.338 e. The second-order valence-electron chi connectivity index (χ2n) is 5.98. The predicted octanol–water partition coefficient (Wildman–Crippen LogP) is 1.59. The first-order chi connectivity index (χ1) is 12.0. The molecule has 0 unspecified atom stereocenters. The number of ether oxygens (including phenoxy) is 2. The number of fused-ring (bicyclic) bond motifs is 1. The minimum absolute atomic E-state index is 0.104. The molecule has 0 N–H and O–H groups in total. The molecule has 0 radical (unpaired) electrons. The highest BCUT2D eigenvalue weighted by molar-refractivity contribution is 7.89. The van der Waals surface area contributed by atoms with Crippen LogP contribution in [0, 0.1) is 0 Å². The summed E-state index contributed by atoms with van der Waals surface area (Å²) in [6.07, 6.45) is 3.62. The molecule has 2 aliphatic heterocycles. The number of sulfonamides is 1. The van der Waals surface area contributed by atoms with E-state index in [9.17, 15) is 13.2 Å². The van der Waals surface area contributed by atoms with Gasteiger partial charge in [-0.2, -0.15) is 4.31 Å². The molecule has 2 aliphatic rings. The molecule has 4 rings (SSSR count). The van der Waals surface area contributed by atoms with Gasteiger partial charge in [0, 0.05) is 18.3 Å². The number of rotatable bonds is 4. The van der Waals surface area contributed by atoms with Gasteiger partial charge in [0.1, 0.15) is 18.5 Å². The van der Waals surface area contributed by atoms with Crippen molar-refractivity contribution in [2.24, 2.45) is 0 Å². The summed E-state index contributed by atoms with van der Waals surface area (Å²) < 4.78 is 37.8. The molecular formula is C17H16N2O5S. The number of aromatic nitrogens is 1. The van der Waals surface area contributed by atoms with Crippen molar-refractivity contribution in [3.05, 3.63) is 53.9 Å². The summed E-state index contributed by atoms with van der Waals surface area (Å²) >= 11 is 0. The maximum absolute atomic E-state index is 12.8. The first kappa shape index (κ1) is 16.0. The number of carbonyl (C=O) groups is 1. The topological polar surface area (TPSA) is 85.8 Å². The molecule has 1 fully saturated rings. The Morgan fingerprint density at radius 3 is 2.96 bits per heavy atom. The van der Waals surface area contributed by atoms with Crippen LogP contribution in [0.3, 0.4) is 0 Å². The average Bonchev–Trinajstić information content (AvgIpc) is 3.23. The Kier molecular flexibility index (Phi) is 3.93. The van der Waals surface area contributed by atoms with Gasteiger partial charge in [-0.25, -0.2) is 13.2 Å². The van der Waals surface area contributed by atoms with Crippen molar-refractivity contribution in [2.75, 3.05) is 13.1 Å². The fourth-order valence-electron chi connectivity index (χ4n) is 3.02. The summed E-state index contributed by atoms with van der Waals surface area (Å²) in [5, 5.41) is 0. The molecule has 1 atom stereocenters. The van der Waals surface area contributed by atoms with Crippen molar-refractivity contribution < 1.29 is 22.7 Å². The lowest BCUT2D eigenvalue weighted by Crippen LogP contribution is -2.31. The first-order valence-corrected chi connectivity index (χ1v) is 9.35. The number of pyridine rings is 1. The van der Waals surface area contributed by atoms with Crippen LogP contribution in [0.2, 0.25) is 0 Å². The van der Waals surface area contributed by atoms with Crippen molar-refractivity contribution in [3.8, 4) is 5.75 Å². The van der Waals surface area contributed by atoms with E-state index in [1.807, 2.05) is 0 Å². The zero-order chi connectivity index (χ0) is 17.4. The number of hydrogen-bond acceptors (Lipinski definition) is 6. The molecule has 1 aromatic heterocycles. The van der Waals surface area contributed by atoms with Crippen molar-refractivity contribution >= 4 is 16.0 Å². The lowest BCUT2D eigenvalue weighted by Gasteiger charge is -2.17. The number of hydrogen-bond donors (Lipinski definition) is 0. The Bertz CT molecular complexity index is 914. The minimum atomic E-state index is -3.68. The Morgan fingerprint density at radius 2 is 2.16 bits per heavy atom. The molecule has 0 aliphatic carbocycles. The van der Waals surface area contributed by atoms with Gasteiger partial charge < -0.3 is 9.47 Å². The predicted molar refractivity (Wildman–Crippen MR) is 87.6 cm³/mol. The van der Waals surface area contributed by atoms with Crippen LogP contribution in [-0.2, 0) is 21.4 Å². The SMILES string of the molecule is O=C1OCc2ccc(S(=O)(=O)N3CC[C@H](Oc4cccnc4)C3)cc21. The van der Waals surface area contributed by atoms with E-state index in [2.05, 4.69) is 4.98 Å². The second-order valence-corrected chi connectivity index (χ2v) is 7.91. The zero-order valence-electron chi connectivity index (χ0n) is 13.3. The van der Waals surface area contributed by atoms with Crippen LogP contribution in [0.5, 0.6) is 5.75 Å². The van der Waals surface area contributed by atoms with E-state index in [0.717, 1.165) is 0 Å². The Labute approximate surface area is 145 Å². The van der Waals surface area contributed by atoms with Gasteiger partial charge in [0.25, 0.3) is 0 Å². The summed E-state index contributed by atoms with van der Waals surface area (Å²) in [5.74, 6) is 0.137. The Balaban J connectivity index is 1.52. The summed E-state index contributed by atoms with van der Waals surface area (Å²) in [6.45, 7) is 0.826. The van der Waals surface area contributed by atoms with Crippen LogP contribution in [0.4, 0.5) is 0 Å². The van der Waals surface area contributed by atoms with Gasteiger partial charge in [-0.1, -0.05) is 6.07 Å². The van der Waals surface area contributed by atoms with Crippen LogP contribution < -0.4 is 4.74 Å². The summed E-state index contributed by atoms with van der Waals surface area (Å²) in [4.78, 5) is 15.8. The van der Waals surface area contributed by atoms with Crippen molar-refractivity contribution in [2.45, 2.75) is 24.0 Å². The third-order valence-corrected chi connectivity index (χ3v) is 6.20. The summed E-state index contributed by atoms with van der Waals surface area (Å²) in [7, 11) is -3.68. The molecule has 0 spiro atoms. The minimum Gasteiger partial charge on any atom is -0.487 e. The maximum Gasteiger partial charge on any atom is 0.338 e. The van der Waals surface area contributed by atoms with Gasteiger partial charge in [0.15, 0.2) is 0 Å². The molecule has 3 heterocycles. The highest BCUT2D eigenvalue weighted by Gasteiger charge is 2.35. The molecule has 1 saturated heterocycles. The third-order valence-electron chi connectivity index (χ3n) is 4.34. The molecule has 8 heteroatoms. The van der Waals surface area contributed by atoms with Gasteiger partial charge in [0.2, 0.25) is 10.0 Å². The second kappa shape index (κ2) is 6.12. The standard InChI is InChI=1S/C17H16N2O5S/c20-17-16-8-15(4-3-12(16)11-23-17)25(21,22)19-7-5-14(10-19)24-13-2-1-6-18-9-13/h1-4,6,8-9,14H,5,7,10-11H2/t14-/m0/s1. The van der Waals surface area contributed by atoms with E-state index < -0.39 is 16.0 Å².